The Morgan fingerprint density at radius 2 is 1.85 bits per heavy atom. The van der Waals surface area contributed by atoms with Gasteiger partial charge in [-0.2, -0.15) is 4.98 Å². The average Bonchev–Trinajstić information content (AvgIpc) is 2.89. The molecular formula is C15H11ClN2O2. The van der Waals surface area contributed by atoms with Crippen molar-refractivity contribution in [3.8, 4) is 28.6 Å². The SMILES string of the molecule is Cc1cc(Cl)ccc1-c1nc(-c2ccc(O)cc2)no1. The first-order valence-corrected chi connectivity index (χ1v) is 6.41. The van der Waals surface area contributed by atoms with Crippen LogP contribution in [0.25, 0.3) is 22.8 Å². The van der Waals surface area contributed by atoms with E-state index in [0.717, 1.165) is 16.7 Å². The Kier molecular flexibility index (Phi) is 3.16. The third-order valence-corrected chi connectivity index (χ3v) is 3.21. The normalized spacial score (nSPS) is 10.7. The fourth-order valence-corrected chi connectivity index (χ4v) is 2.15. The van der Waals surface area contributed by atoms with Crippen molar-refractivity contribution in [2.75, 3.05) is 0 Å². The van der Waals surface area contributed by atoms with Crippen LogP contribution in [0.5, 0.6) is 5.75 Å². The van der Waals surface area contributed by atoms with Crippen molar-refractivity contribution in [3.63, 3.8) is 0 Å². The van der Waals surface area contributed by atoms with Crippen LogP contribution in [0.4, 0.5) is 0 Å². The van der Waals surface area contributed by atoms with E-state index in [1.807, 2.05) is 19.1 Å². The topological polar surface area (TPSA) is 59.2 Å². The second-order valence-corrected chi connectivity index (χ2v) is 4.87. The van der Waals surface area contributed by atoms with Gasteiger partial charge in [-0.05, 0) is 55.0 Å². The summed E-state index contributed by atoms with van der Waals surface area (Å²) in [5, 5.41) is 13.9. The quantitative estimate of drug-likeness (QED) is 0.771. The lowest BCUT2D eigenvalue weighted by molar-refractivity contribution is 0.432. The van der Waals surface area contributed by atoms with Gasteiger partial charge in [-0.15, -0.1) is 0 Å². The minimum absolute atomic E-state index is 0.200. The molecule has 0 fully saturated rings. The van der Waals surface area contributed by atoms with Crippen molar-refractivity contribution in [1.29, 1.82) is 0 Å². The highest BCUT2D eigenvalue weighted by molar-refractivity contribution is 6.30. The van der Waals surface area contributed by atoms with Gasteiger partial charge in [-0.1, -0.05) is 16.8 Å². The van der Waals surface area contributed by atoms with Crippen molar-refractivity contribution in [1.82, 2.24) is 10.1 Å². The largest absolute Gasteiger partial charge is 0.508 e. The molecule has 0 aliphatic rings. The third kappa shape index (κ3) is 2.38. The Bertz CT molecular complexity index is 751. The number of phenols is 1. The van der Waals surface area contributed by atoms with Crippen molar-refractivity contribution in [3.05, 3.63) is 53.1 Å². The zero-order chi connectivity index (χ0) is 14.1. The Balaban J connectivity index is 1.99. The molecule has 1 N–H and O–H groups in total. The summed E-state index contributed by atoms with van der Waals surface area (Å²) in [4.78, 5) is 4.37. The van der Waals surface area contributed by atoms with E-state index < -0.39 is 0 Å². The zero-order valence-electron chi connectivity index (χ0n) is 10.7. The van der Waals surface area contributed by atoms with Crippen LogP contribution in [0.15, 0.2) is 47.0 Å². The highest BCUT2D eigenvalue weighted by Crippen LogP contribution is 2.27. The van der Waals surface area contributed by atoms with Crippen molar-refractivity contribution >= 4 is 11.6 Å². The molecule has 100 valence electrons. The molecule has 0 amide bonds. The first-order valence-electron chi connectivity index (χ1n) is 6.03. The summed E-state index contributed by atoms with van der Waals surface area (Å²) in [6, 6.07) is 12.1. The lowest BCUT2D eigenvalue weighted by atomic mass is 10.1. The Labute approximate surface area is 120 Å². The third-order valence-electron chi connectivity index (χ3n) is 2.97. The highest BCUT2D eigenvalue weighted by Gasteiger charge is 2.12. The standard InChI is InChI=1S/C15H11ClN2O2/c1-9-8-11(16)4-7-13(9)15-17-14(18-20-15)10-2-5-12(19)6-3-10/h2-8,19H,1H3. The molecule has 3 aromatic rings. The Hall–Kier alpha value is -2.33. The predicted molar refractivity (Wildman–Crippen MR) is 76.6 cm³/mol. The minimum atomic E-state index is 0.200. The second-order valence-electron chi connectivity index (χ2n) is 4.43. The second kappa shape index (κ2) is 4.98. The molecule has 1 heterocycles. The number of hydrogen-bond donors (Lipinski definition) is 1. The van der Waals surface area contributed by atoms with Gasteiger partial charge in [0.15, 0.2) is 0 Å². The minimum Gasteiger partial charge on any atom is -0.508 e. The number of phenolic OH excluding ortho intramolecular Hbond substituents is 1. The number of aromatic nitrogens is 2. The number of aromatic hydroxyl groups is 1. The molecule has 1 aromatic heterocycles. The molecular weight excluding hydrogens is 276 g/mol. The van der Waals surface area contributed by atoms with Crippen LogP contribution in [0.1, 0.15) is 5.56 Å². The van der Waals surface area contributed by atoms with E-state index in [4.69, 9.17) is 16.1 Å². The number of rotatable bonds is 2. The van der Waals surface area contributed by atoms with Crippen LogP contribution in [0.2, 0.25) is 5.02 Å². The van der Waals surface area contributed by atoms with Gasteiger partial charge in [0.25, 0.3) is 5.89 Å². The highest BCUT2D eigenvalue weighted by atomic mass is 35.5. The number of aryl methyl sites for hydroxylation is 1. The van der Waals surface area contributed by atoms with E-state index in [0.29, 0.717) is 16.7 Å². The van der Waals surface area contributed by atoms with Crippen molar-refractivity contribution in [2.24, 2.45) is 0 Å². The monoisotopic (exact) mass is 286 g/mol. The summed E-state index contributed by atoms with van der Waals surface area (Å²) >= 11 is 5.93. The molecule has 0 spiro atoms. The molecule has 3 rings (SSSR count). The van der Waals surface area contributed by atoms with Crippen molar-refractivity contribution < 1.29 is 9.63 Å². The van der Waals surface area contributed by atoms with E-state index in [1.165, 1.54) is 0 Å². The smallest absolute Gasteiger partial charge is 0.258 e. The van der Waals surface area contributed by atoms with Gasteiger partial charge in [0.05, 0.1) is 0 Å². The molecule has 5 heteroatoms. The van der Waals surface area contributed by atoms with Gasteiger partial charge in [0.1, 0.15) is 5.75 Å². The molecule has 0 aliphatic carbocycles. The van der Waals surface area contributed by atoms with E-state index in [-0.39, 0.29) is 5.75 Å². The van der Waals surface area contributed by atoms with Gasteiger partial charge < -0.3 is 9.63 Å². The maximum absolute atomic E-state index is 9.27. The molecule has 0 radical (unpaired) electrons. The fourth-order valence-electron chi connectivity index (χ4n) is 1.93. The van der Waals surface area contributed by atoms with E-state index >= 15 is 0 Å². The van der Waals surface area contributed by atoms with E-state index in [9.17, 15) is 5.11 Å². The molecule has 0 aliphatic heterocycles. The molecule has 0 saturated heterocycles. The first-order chi connectivity index (χ1) is 9.63. The summed E-state index contributed by atoms with van der Waals surface area (Å²) in [5.74, 6) is 1.13. The maximum atomic E-state index is 9.27. The van der Waals surface area contributed by atoms with E-state index in [2.05, 4.69) is 10.1 Å². The molecule has 0 atom stereocenters. The molecule has 0 unspecified atom stereocenters. The summed E-state index contributed by atoms with van der Waals surface area (Å²) in [6.45, 7) is 1.94. The van der Waals surface area contributed by atoms with Crippen LogP contribution in [0.3, 0.4) is 0 Å². The van der Waals surface area contributed by atoms with Crippen LogP contribution in [-0.2, 0) is 0 Å². The number of benzene rings is 2. The molecule has 0 saturated carbocycles. The molecule has 2 aromatic carbocycles. The fraction of sp³-hybridized carbons (Fsp3) is 0.0667. The van der Waals surface area contributed by atoms with Gasteiger partial charge in [-0.25, -0.2) is 0 Å². The van der Waals surface area contributed by atoms with E-state index in [1.54, 1.807) is 30.3 Å². The Morgan fingerprint density at radius 3 is 2.55 bits per heavy atom. The number of halogens is 1. The van der Waals surface area contributed by atoms with Crippen LogP contribution >= 0.6 is 11.6 Å². The summed E-state index contributed by atoms with van der Waals surface area (Å²) in [5.41, 5.74) is 2.61. The van der Waals surface area contributed by atoms with Crippen molar-refractivity contribution in [2.45, 2.75) is 6.92 Å². The average molecular weight is 287 g/mol. The lowest BCUT2D eigenvalue weighted by Crippen LogP contribution is -1.84. The van der Waals surface area contributed by atoms with Gasteiger partial charge in [0.2, 0.25) is 5.82 Å². The van der Waals surface area contributed by atoms with Gasteiger partial charge >= 0.3 is 0 Å². The molecule has 4 nitrogen and oxygen atoms in total. The van der Waals surface area contributed by atoms with Crippen LogP contribution in [-0.4, -0.2) is 15.2 Å². The molecule has 20 heavy (non-hydrogen) atoms. The zero-order valence-corrected chi connectivity index (χ0v) is 11.4. The number of nitrogens with zero attached hydrogens (tertiary/aromatic N) is 2. The Morgan fingerprint density at radius 1 is 1.10 bits per heavy atom. The maximum Gasteiger partial charge on any atom is 0.258 e. The lowest BCUT2D eigenvalue weighted by Gasteiger charge is -2.00. The summed E-state index contributed by atoms with van der Waals surface area (Å²) < 4.78 is 5.29. The summed E-state index contributed by atoms with van der Waals surface area (Å²) in [7, 11) is 0. The van der Waals surface area contributed by atoms with Gasteiger partial charge in [-0.3, -0.25) is 0 Å². The van der Waals surface area contributed by atoms with Gasteiger partial charge in [0, 0.05) is 16.1 Å². The first kappa shape index (κ1) is 12.7. The molecule has 0 bridgehead atoms. The number of hydrogen-bond acceptors (Lipinski definition) is 4. The summed E-state index contributed by atoms with van der Waals surface area (Å²) in [6.07, 6.45) is 0. The van der Waals surface area contributed by atoms with Crippen LogP contribution in [0, 0.1) is 6.92 Å². The predicted octanol–water partition coefficient (Wildman–Crippen LogP) is 4.07. The van der Waals surface area contributed by atoms with Crippen LogP contribution < -0.4 is 0 Å².